The molecule has 6 unspecified atom stereocenters. The predicted octanol–water partition coefficient (Wildman–Crippen LogP) is 20.0. The summed E-state index contributed by atoms with van der Waals surface area (Å²) in [6.45, 7) is 48.9. The number of nitrogens with zero attached hydrogens (tertiary/aromatic N) is 18. The molecule has 0 aliphatic carbocycles. The van der Waals surface area contributed by atoms with Crippen molar-refractivity contribution >= 4 is 124 Å². The summed E-state index contributed by atoms with van der Waals surface area (Å²) >= 11 is 14.9. The summed E-state index contributed by atoms with van der Waals surface area (Å²) in [7, 11) is 0. The van der Waals surface area contributed by atoms with Gasteiger partial charge in [-0.25, -0.2) is 62.4 Å². The van der Waals surface area contributed by atoms with E-state index in [-0.39, 0.29) is 157 Å². The van der Waals surface area contributed by atoms with Crippen molar-refractivity contribution < 1.29 is 41.4 Å². The number of benzene rings is 6. The number of hydrogen-bond acceptors (Lipinski definition) is 20. The molecule has 144 heavy (non-hydrogen) atoms. The van der Waals surface area contributed by atoms with Gasteiger partial charge in [-0.1, -0.05) is 144 Å². The van der Waals surface area contributed by atoms with E-state index >= 15 is 27.2 Å². The molecule has 6 aliphatic heterocycles. The Kier molecular flexibility index (Phi) is 25.9. The SMILES string of the molecule is C=CC(=O)N1CC2CCOc3c(c4cc(F)c(-c5c(C)ccc6[nH]cnc56)c(Cl)c4n(-c4c(C(C)C)ncnc4C(C)C)c3=O)N2CC1C.C=CC(=O)N1CC2COc3c(c4cc(F)c(-c5c(C)ccc6[nH]cnc56)c(F)c4n(-c4c(C(C)C)ncnc4C(C)C)c3=O)N2CC1C.C=CC(=O)N1CC2Cc3c(c4cc(F)c(-c5c(C)ccc6[nH]cnc56)c(Cl)c4n(-c4c(C(C)C)ncnc4C(C)C)c3=O)N2CC1C. The Morgan fingerprint density at radius 2 is 0.722 bits per heavy atom. The normalized spacial score (nSPS) is 17.7. The maximum atomic E-state index is 17.7. The van der Waals surface area contributed by atoms with Crippen LogP contribution >= 0.6 is 23.2 Å². The Bertz CT molecular complexity index is 8020. The average Bonchev–Trinajstić information content (AvgIpc) is 1.17. The number of nitrogens with one attached hydrogen (secondary N) is 3. The fourth-order valence-corrected chi connectivity index (χ4v) is 23.0. The third-order valence-electron chi connectivity index (χ3n) is 29.0. The van der Waals surface area contributed by atoms with E-state index in [9.17, 15) is 19.2 Å². The van der Waals surface area contributed by atoms with Gasteiger partial charge in [-0.2, -0.15) is 0 Å². The highest BCUT2D eigenvalue weighted by Crippen LogP contribution is 2.53. The second kappa shape index (κ2) is 38.0. The lowest BCUT2D eigenvalue weighted by molar-refractivity contribution is -0.129. The van der Waals surface area contributed by atoms with Crippen LogP contribution in [0.4, 0.5) is 34.6 Å². The first-order chi connectivity index (χ1) is 68.8. The molecule has 3 N–H and O–H groups in total. The second-order valence-electron chi connectivity index (χ2n) is 40.2. The van der Waals surface area contributed by atoms with Gasteiger partial charge in [0.15, 0.2) is 5.82 Å². The molecule has 3 fully saturated rings. The number of halogens is 6. The number of carbonyl (C=O) groups excluding carboxylic acids is 3. The molecule has 15 aromatic rings. The van der Waals surface area contributed by atoms with Crippen molar-refractivity contribution in [2.24, 2.45) is 0 Å². The number of aromatic amines is 3. The van der Waals surface area contributed by atoms with E-state index in [1.165, 1.54) is 66.3 Å². The maximum Gasteiger partial charge on any atom is 0.300 e. The monoisotopic (exact) mass is 1990 g/mol. The first kappa shape index (κ1) is 98.3. The predicted molar refractivity (Wildman–Crippen MR) is 556 cm³/mol. The van der Waals surface area contributed by atoms with E-state index in [1.807, 2.05) is 153 Å². The van der Waals surface area contributed by atoms with Crippen molar-refractivity contribution in [3.05, 3.63) is 251 Å². The number of anilines is 3. The molecule has 6 atom stereocenters. The minimum absolute atomic E-state index is 0.0140. The van der Waals surface area contributed by atoms with E-state index in [1.54, 1.807) is 49.5 Å². The minimum atomic E-state index is -0.910. The molecule has 6 aromatic carbocycles. The zero-order valence-electron chi connectivity index (χ0n) is 83.6. The van der Waals surface area contributed by atoms with Crippen molar-refractivity contribution in [2.75, 3.05) is 67.2 Å². The van der Waals surface area contributed by atoms with Crippen LogP contribution in [-0.4, -0.2) is 195 Å². The molecule has 3 amide bonds. The van der Waals surface area contributed by atoms with Gasteiger partial charge in [0, 0.05) is 120 Å². The van der Waals surface area contributed by atoms with Gasteiger partial charge in [0.2, 0.25) is 29.2 Å². The van der Waals surface area contributed by atoms with Crippen molar-refractivity contribution in [1.82, 2.24) is 88.2 Å². The molecule has 0 spiro atoms. The lowest BCUT2D eigenvalue weighted by atomic mass is 9.94. The number of piperazine rings is 3. The van der Waals surface area contributed by atoms with Crippen LogP contribution in [-0.2, 0) is 20.8 Å². The van der Waals surface area contributed by atoms with Crippen LogP contribution in [0.15, 0.2) is 145 Å². The van der Waals surface area contributed by atoms with Gasteiger partial charge in [0.05, 0.1) is 177 Å². The Morgan fingerprint density at radius 1 is 0.403 bits per heavy atom. The number of amides is 3. The van der Waals surface area contributed by atoms with Crippen LogP contribution in [0.25, 0.3) is 116 Å². The zero-order valence-corrected chi connectivity index (χ0v) is 85.1. The number of fused-ring (bicyclic) bond motifs is 18. The molecule has 0 radical (unpaired) electrons. The largest absolute Gasteiger partial charge is 0.486 e. The maximum absolute atomic E-state index is 17.7. The van der Waals surface area contributed by atoms with Gasteiger partial charge in [-0.15, -0.1) is 0 Å². The Labute approximate surface area is 838 Å². The van der Waals surface area contributed by atoms with Gasteiger partial charge >= 0.3 is 0 Å². The highest BCUT2D eigenvalue weighted by molar-refractivity contribution is 6.40. The van der Waals surface area contributed by atoms with Crippen LogP contribution < -0.4 is 40.9 Å². The first-order valence-corrected chi connectivity index (χ1v) is 49.6. The van der Waals surface area contributed by atoms with Crippen molar-refractivity contribution in [3.8, 4) is 61.9 Å². The summed E-state index contributed by atoms with van der Waals surface area (Å²) in [5.41, 5.74) is 13.9. The Hall–Kier alpha value is -14.5. The van der Waals surface area contributed by atoms with Gasteiger partial charge in [-0.05, 0) is 148 Å². The second-order valence-corrected chi connectivity index (χ2v) is 41.0. The molecule has 35 heteroatoms. The van der Waals surface area contributed by atoms with Crippen LogP contribution in [0.2, 0.25) is 10.0 Å². The van der Waals surface area contributed by atoms with E-state index in [0.717, 1.165) is 22.2 Å². The number of H-pyrrole nitrogens is 3. The average molecular weight is 1990 g/mol. The van der Waals surface area contributed by atoms with Crippen molar-refractivity contribution in [3.63, 3.8) is 0 Å². The lowest BCUT2D eigenvalue weighted by Crippen LogP contribution is -2.62. The quantitative estimate of drug-likeness (QED) is 0.0634. The molecular formula is C109H113Cl2F4N21O8. The van der Waals surface area contributed by atoms with Gasteiger partial charge < -0.3 is 53.8 Å². The van der Waals surface area contributed by atoms with Crippen LogP contribution in [0.3, 0.4) is 0 Å². The third kappa shape index (κ3) is 16.0. The van der Waals surface area contributed by atoms with Crippen molar-refractivity contribution in [1.29, 1.82) is 0 Å². The minimum Gasteiger partial charge on any atom is -0.486 e. The highest BCUT2D eigenvalue weighted by atomic mass is 35.5. The summed E-state index contributed by atoms with van der Waals surface area (Å²) in [6.07, 6.45) is 14.0. The number of pyridine rings is 3. The molecule has 15 heterocycles. The first-order valence-electron chi connectivity index (χ1n) is 48.8. The van der Waals surface area contributed by atoms with Crippen molar-refractivity contribution in [2.45, 2.75) is 209 Å². The molecule has 21 rings (SSSR count). The van der Waals surface area contributed by atoms with Gasteiger partial charge in [0.25, 0.3) is 16.7 Å². The lowest BCUT2D eigenvalue weighted by Gasteiger charge is -2.48. The molecule has 29 nitrogen and oxygen atoms in total. The summed E-state index contributed by atoms with van der Waals surface area (Å²) in [4.78, 5) is 145. The molecule has 6 aliphatic rings. The number of aromatic nitrogens is 15. The van der Waals surface area contributed by atoms with E-state index in [2.05, 4.69) is 89.3 Å². The fraction of sp³-hybridized carbons (Fsp3) is 0.367. The number of ether oxygens (including phenoxy) is 2. The molecule has 744 valence electrons. The molecular weight excluding hydrogens is 1880 g/mol. The van der Waals surface area contributed by atoms with Crippen LogP contribution in [0, 0.1) is 44.0 Å². The summed E-state index contributed by atoms with van der Waals surface area (Å²) in [5.74, 6) is -3.83. The smallest absolute Gasteiger partial charge is 0.300 e. The Balaban J connectivity index is 0.000000137. The number of rotatable bonds is 15. The van der Waals surface area contributed by atoms with E-state index in [0.29, 0.717) is 192 Å². The van der Waals surface area contributed by atoms with E-state index in [4.69, 9.17) is 32.7 Å². The number of carbonyl (C=O) groups is 3. The summed E-state index contributed by atoms with van der Waals surface area (Å²) in [6, 6.07) is 14.1. The highest BCUT2D eigenvalue weighted by Gasteiger charge is 2.47. The molecule has 0 bridgehead atoms. The van der Waals surface area contributed by atoms with Gasteiger partial charge in [0.1, 0.15) is 43.0 Å². The van der Waals surface area contributed by atoms with E-state index < -0.39 is 34.4 Å². The zero-order chi connectivity index (χ0) is 103. The standard InChI is InChI=1S/C37H39ClFN7O3.C36H37ClFN7O2.C36H37F2N7O3/c1-8-26(47)44-15-22-11-12-49-36-34(45(22)14-21(44)7)23-13-24(39)28(27-20(6)9-10-25-32(27)43-16-40-25)29(38)33(23)46(37(36)48)35-30(18(2)3)41-17-42-31(35)19(4)5;1-8-26(46)43-14-21-11-23-33(44(21)13-20(43)7)22-12-24(38)28(27-19(6)9-10-25-32(27)42-15-39-25)29(37)34(22)45(36(23)47)35-30(17(2)3)40-16-41-31(35)18(4)5;1-8-25(46)43-13-21-14-48-35-33(44(21)12-20(43)7)22-11-23(37)27(26-19(6)9-10-24-31(26)42-15-39-24)28(38)32(22)45(36(35)47)34-29(17(2)3)40-16-41-30(34)18(4)5/h8-10,13,16-19,21-22H,1,11-12,14-15H2,2-7H3,(H,40,43);8-10,12,15-18,20-21H,1,11,13-14H2,2-7H3,(H,39,42);8-11,15-18,20-21H,1,12-14H2,2-7H3,(H,39,42). The molecule has 3 saturated heterocycles. The van der Waals surface area contributed by atoms with Crippen LogP contribution in [0.5, 0.6) is 11.5 Å². The fourth-order valence-electron chi connectivity index (χ4n) is 22.2. The molecule has 9 aromatic heterocycles. The number of aryl methyl sites for hydroxylation is 3. The van der Waals surface area contributed by atoms with Crippen LogP contribution in [0.1, 0.15) is 202 Å². The Morgan fingerprint density at radius 3 is 1.10 bits per heavy atom. The summed E-state index contributed by atoms with van der Waals surface area (Å²) in [5, 5.41) is 1.30. The third-order valence-corrected chi connectivity index (χ3v) is 29.8. The molecule has 0 saturated carbocycles. The number of hydrogen-bond donors (Lipinski definition) is 3. The number of imidazole rings is 3. The topological polar surface area (TPSA) is 318 Å². The summed E-state index contributed by atoms with van der Waals surface area (Å²) < 4.78 is 85.2. The van der Waals surface area contributed by atoms with Gasteiger partial charge in [-0.3, -0.25) is 42.5 Å².